The van der Waals surface area contributed by atoms with Crippen LogP contribution in [0.15, 0.2) is 42.5 Å². The maximum atomic E-state index is 11.1. The van der Waals surface area contributed by atoms with E-state index in [4.69, 9.17) is 4.74 Å². The van der Waals surface area contributed by atoms with Crippen LogP contribution in [0.4, 0.5) is 22.7 Å². The highest BCUT2D eigenvalue weighted by Gasteiger charge is 2.19. The van der Waals surface area contributed by atoms with Crippen LogP contribution >= 0.6 is 0 Å². The van der Waals surface area contributed by atoms with Gasteiger partial charge >= 0.3 is 0 Å². The summed E-state index contributed by atoms with van der Waals surface area (Å²) in [5, 5.41) is 24.8. The lowest BCUT2D eigenvalue weighted by atomic mass is 10.2. The molecule has 0 saturated heterocycles. The number of hydrogen-bond donors (Lipinski definition) is 1. The molecular formula is C16H17N3O5. The van der Waals surface area contributed by atoms with Crippen molar-refractivity contribution >= 4 is 22.7 Å². The van der Waals surface area contributed by atoms with Crippen molar-refractivity contribution in [2.75, 3.05) is 11.9 Å². The molecule has 0 amide bonds. The summed E-state index contributed by atoms with van der Waals surface area (Å²) in [6, 6.07) is 10.5. The van der Waals surface area contributed by atoms with E-state index in [0.717, 1.165) is 6.07 Å². The maximum Gasteiger partial charge on any atom is 0.299 e. The van der Waals surface area contributed by atoms with Crippen LogP contribution in [-0.4, -0.2) is 16.5 Å². The third kappa shape index (κ3) is 4.42. The van der Waals surface area contributed by atoms with Gasteiger partial charge in [-0.1, -0.05) is 19.9 Å². The summed E-state index contributed by atoms with van der Waals surface area (Å²) in [5.74, 6) is 1.01. The van der Waals surface area contributed by atoms with Crippen molar-refractivity contribution in [3.8, 4) is 5.75 Å². The zero-order chi connectivity index (χ0) is 17.7. The van der Waals surface area contributed by atoms with Gasteiger partial charge in [-0.3, -0.25) is 20.2 Å². The first-order valence-corrected chi connectivity index (χ1v) is 7.29. The van der Waals surface area contributed by atoms with Crippen molar-refractivity contribution in [1.82, 2.24) is 0 Å². The molecule has 0 aliphatic rings. The Bertz CT molecular complexity index is 761. The first-order valence-electron chi connectivity index (χ1n) is 7.29. The van der Waals surface area contributed by atoms with E-state index in [9.17, 15) is 20.2 Å². The minimum atomic E-state index is -0.669. The molecule has 24 heavy (non-hydrogen) atoms. The van der Waals surface area contributed by atoms with Gasteiger partial charge in [0.25, 0.3) is 11.4 Å². The molecule has 126 valence electrons. The third-order valence-electron chi connectivity index (χ3n) is 3.09. The second kappa shape index (κ2) is 7.40. The largest absolute Gasteiger partial charge is 0.493 e. The van der Waals surface area contributed by atoms with Gasteiger partial charge in [-0.15, -0.1) is 0 Å². The highest BCUT2D eigenvalue weighted by Crippen LogP contribution is 2.32. The average molecular weight is 331 g/mol. The molecule has 1 N–H and O–H groups in total. The zero-order valence-corrected chi connectivity index (χ0v) is 13.3. The molecular weight excluding hydrogens is 314 g/mol. The molecule has 8 heteroatoms. The van der Waals surface area contributed by atoms with Gasteiger partial charge in [0.1, 0.15) is 11.4 Å². The molecule has 0 aliphatic heterocycles. The second-order valence-electron chi connectivity index (χ2n) is 5.57. The Balaban J connectivity index is 2.26. The lowest BCUT2D eigenvalue weighted by molar-refractivity contribution is -0.393. The van der Waals surface area contributed by atoms with Gasteiger partial charge in [0.2, 0.25) is 0 Å². The molecule has 0 fully saturated rings. The van der Waals surface area contributed by atoms with E-state index in [1.54, 1.807) is 24.3 Å². The second-order valence-corrected chi connectivity index (χ2v) is 5.57. The highest BCUT2D eigenvalue weighted by molar-refractivity contribution is 5.72. The van der Waals surface area contributed by atoms with E-state index in [2.05, 4.69) is 5.32 Å². The quantitative estimate of drug-likeness (QED) is 0.599. The van der Waals surface area contributed by atoms with E-state index in [1.165, 1.54) is 12.1 Å². The van der Waals surface area contributed by atoms with Crippen molar-refractivity contribution < 1.29 is 14.6 Å². The number of nitrogens with zero attached hydrogens (tertiary/aromatic N) is 2. The number of nitrogens with one attached hydrogen (secondary N) is 1. The Morgan fingerprint density at radius 3 is 2.46 bits per heavy atom. The normalized spacial score (nSPS) is 10.5. The molecule has 0 saturated carbocycles. The third-order valence-corrected chi connectivity index (χ3v) is 3.09. The number of non-ortho nitro benzene ring substituents is 1. The smallest absolute Gasteiger partial charge is 0.299 e. The SMILES string of the molecule is CC(C)COc1cccc(Nc2ccc([N+](=O)[O-])cc2[N+](=O)[O-])c1. The summed E-state index contributed by atoms with van der Waals surface area (Å²) >= 11 is 0. The van der Waals surface area contributed by atoms with E-state index < -0.39 is 9.85 Å². The number of nitro benzene ring substituents is 2. The van der Waals surface area contributed by atoms with Crippen LogP contribution in [0.5, 0.6) is 5.75 Å². The standard InChI is InChI=1S/C16H17N3O5/c1-11(2)10-24-14-5-3-4-12(8-14)17-15-7-6-13(18(20)21)9-16(15)19(22)23/h3-9,11,17H,10H2,1-2H3. The molecule has 8 nitrogen and oxygen atoms in total. The van der Waals surface area contributed by atoms with Crippen molar-refractivity contribution in [1.29, 1.82) is 0 Å². The molecule has 0 aliphatic carbocycles. The van der Waals surface area contributed by atoms with E-state index in [-0.39, 0.29) is 17.1 Å². The fraction of sp³-hybridized carbons (Fsp3) is 0.250. The molecule has 0 heterocycles. The zero-order valence-electron chi connectivity index (χ0n) is 13.3. The van der Waals surface area contributed by atoms with Gasteiger partial charge in [-0.25, -0.2) is 0 Å². The van der Waals surface area contributed by atoms with Gasteiger partial charge in [0, 0.05) is 17.8 Å². The van der Waals surface area contributed by atoms with Gasteiger partial charge in [0.15, 0.2) is 0 Å². The van der Waals surface area contributed by atoms with Crippen LogP contribution in [-0.2, 0) is 0 Å². The minimum absolute atomic E-state index is 0.173. The van der Waals surface area contributed by atoms with Gasteiger partial charge < -0.3 is 10.1 Å². The first kappa shape index (κ1) is 17.2. The van der Waals surface area contributed by atoms with Gasteiger partial charge in [-0.05, 0) is 24.1 Å². The fourth-order valence-corrected chi connectivity index (χ4v) is 1.97. The fourth-order valence-electron chi connectivity index (χ4n) is 1.97. The molecule has 0 bridgehead atoms. The van der Waals surface area contributed by atoms with Crippen LogP contribution in [0.1, 0.15) is 13.8 Å². The molecule has 0 radical (unpaired) electrons. The van der Waals surface area contributed by atoms with E-state index in [0.29, 0.717) is 24.0 Å². The lowest BCUT2D eigenvalue weighted by Crippen LogP contribution is -2.04. The summed E-state index contributed by atoms with van der Waals surface area (Å²) in [7, 11) is 0. The summed E-state index contributed by atoms with van der Waals surface area (Å²) in [6.07, 6.45) is 0. The van der Waals surface area contributed by atoms with Crippen molar-refractivity contribution in [3.05, 3.63) is 62.7 Å². The number of benzene rings is 2. The Labute approximate surface area is 138 Å². The van der Waals surface area contributed by atoms with Crippen molar-refractivity contribution in [3.63, 3.8) is 0 Å². The number of hydrogen-bond acceptors (Lipinski definition) is 6. The highest BCUT2D eigenvalue weighted by atomic mass is 16.6. The van der Waals surface area contributed by atoms with Crippen LogP contribution in [0.25, 0.3) is 0 Å². The topological polar surface area (TPSA) is 108 Å². The predicted molar refractivity (Wildman–Crippen MR) is 89.8 cm³/mol. The molecule has 0 atom stereocenters. The summed E-state index contributed by atoms with van der Waals surface area (Å²) < 4.78 is 5.61. The lowest BCUT2D eigenvalue weighted by Gasteiger charge is -2.11. The Morgan fingerprint density at radius 2 is 1.83 bits per heavy atom. The monoisotopic (exact) mass is 331 g/mol. The predicted octanol–water partition coefficient (Wildman–Crippen LogP) is 4.28. The molecule has 2 aromatic carbocycles. The first-order chi connectivity index (χ1) is 11.4. The average Bonchev–Trinajstić information content (AvgIpc) is 2.53. The minimum Gasteiger partial charge on any atom is -0.493 e. The summed E-state index contributed by atoms with van der Waals surface area (Å²) in [5.41, 5.74) is 0.0683. The number of nitro groups is 2. The van der Waals surface area contributed by atoms with Crippen LogP contribution in [0.2, 0.25) is 0 Å². The van der Waals surface area contributed by atoms with E-state index in [1.807, 2.05) is 13.8 Å². The van der Waals surface area contributed by atoms with E-state index >= 15 is 0 Å². The molecule has 0 unspecified atom stereocenters. The number of ether oxygens (including phenoxy) is 1. The molecule has 2 aromatic rings. The Kier molecular flexibility index (Phi) is 5.31. The Morgan fingerprint density at radius 1 is 1.08 bits per heavy atom. The molecule has 0 spiro atoms. The van der Waals surface area contributed by atoms with Gasteiger partial charge in [-0.2, -0.15) is 0 Å². The maximum absolute atomic E-state index is 11.1. The van der Waals surface area contributed by atoms with Crippen LogP contribution in [0.3, 0.4) is 0 Å². The summed E-state index contributed by atoms with van der Waals surface area (Å²) in [6.45, 7) is 4.62. The van der Waals surface area contributed by atoms with Crippen LogP contribution < -0.4 is 10.1 Å². The molecule has 0 aromatic heterocycles. The van der Waals surface area contributed by atoms with Gasteiger partial charge in [0.05, 0.1) is 22.5 Å². The van der Waals surface area contributed by atoms with Crippen LogP contribution in [0, 0.1) is 26.1 Å². The molecule has 2 rings (SSSR count). The van der Waals surface area contributed by atoms with Crippen molar-refractivity contribution in [2.24, 2.45) is 5.92 Å². The number of rotatable bonds is 7. The summed E-state index contributed by atoms with van der Waals surface area (Å²) in [4.78, 5) is 20.6. The van der Waals surface area contributed by atoms with Crippen molar-refractivity contribution in [2.45, 2.75) is 13.8 Å². The number of anilines is 2. The Hall–Kier alpha value is -3.16.